The topological polar surface area (TPSA) is 20.3 Å². The summed E-state index contributed by atoms with van der Waals surface area (Å²) in [6, 6.07) is 4.64. The summed E-state index contributed by atoms with van der Waals surface area (Å²) >= 11 is 3.54. The van der Waals surface area contributed by atoms with E-state index in [0.717, 1.165) is 25.0 Å². The molecule has 0 aliphatic carbocycles. The van der Waals surface area contributed by atoms with Crippen LogP contribution in [-0.4, -0.2) is 28.7 Å². The van der Waals surface area contributed by atoms with E-state index in [1.807, 2.05) is 0 Å². The standard InChI is InChI=1S/C15H17BrF3NO/c1-10(16)11-5-7-20(8-6-11)14(21)12-3-2-4-13(9-12)15(17,18)19/h2-4,9-11H,5-8H2,1H3. The number of hydrogen-bond donors (Lipinski definition) is 0. The van der Waals surface area contributed by atoms with Gasteiger partial charge in [-0.15, -0.1) is 0 Å². The Kier molecular flexibility index (Phi) is 4.96. The van der Waals surface area contributed by atoms with Crippen LogP contribution in [0.3, 0.4) is 0 Å². The van der Waals surface area contributed by atoms with Gasteiger partial charge in [0.05, 0.1) is 5.56 Å². The molecule has 0 spiro atoms. The second-order valence-electron chi connectivity index (χ2n) is 5.39. The second-order valence-corrected chi connectivity index (χ2v) is 6.83. The first kappa shape index (κ1) is 16.3. The fourth-order valence-corrected chi connectivity index (χ4v) is 3.10. The summed E-state index contributed by atoms with van der Waals surface area (Å²) in [5.41, 5.74) is -0.674. The Morgan fingerprint density at radius 3 is 2.48 bits per heavy atom. The van der Waals surface area contributed by atoms with E-state index in [2.05, 4.69) is 22.9 Å². The third-order valence-corrected chi connectivity index (χ3v) is 4.66. The van der Waals surface area contributed by atoms with Crippen molar-refractivity contribution in [1.29, 1.82) is 0 Å². The number of carbonyl (C=O) groups excluding carboxylic acids is 1. The minimum atomic E-state index is -4.42. The molecule has 21 heavy (non-hydrogen) atoms. The van der Waals surface area contributed by atoms with Crippen LogP contribution < -0.4 is 0 Å². The number of nitrogens with zero attached hydrogens (tertiary/aromatic N) is 1. The summed E-state index contributed by atoms with van der Waals surface area (Å²) in [6.45, 7) is 3.26. The van der Waals surface area contributed by atoms with Crippen LogP contribution in [0.4, 0.5) is 13.2 Å². The minimum Gasteiger partial charge on any atom is -0.339 e. The molecule has 1 aromatic carbocycles. The normalized spacial score (nSPS) is 18.6. The van der Waals surface area contributed by atoms with Gasteiger partial charge in [0, 0.05) is 23.5 Å². The summed E-state index contributed by atoms with van der Waals surface area (Å²) in [4.78, 5) is 14.3. The summed E-state index contributed by atoms with van der Waals surface area (Å²) in [6.07, 6.45) is -2.68. The highest BCUT2D eigenvalue weighted by Gasteiger charge is 2.32. The molecule has 1 fully saturated rings. The minimum absolute atomic E-state index is 0.107. The summed E-state index contributed by atoms with van der Waals surface area (Å²) < 4.78 is 38.1. The van der Waals surface area contributed by atoms with Crippen molar-refractivity contribution in [1.82, 2.24) is 4.90 Å². The molecule has 0 bridgehead atoms. The van der Waals surface area contributed by atoms with Crippen molar-refractivity contribution in [2.75, 3.05) is 13.1 Å². The number of halogens is 4. The average Bonchev–Trinajstić information content (AvgIpc) is 2.46. The Morgan fingerprint density at radius 2 is 1.95 bits per heavy atom. The van der Waals surface area contributed by atoms with Crippen LogP contribution in [0.2, 0.25) is 0 Å². The van der Waals surface area contributed by atoms with Crippen LogP contribution in [0, 0.1) is 5.92 Å². The van der Waals surface area contributed by atoms with Crippen molar-refractivity contribution in [2.45, 2.75) is 30.8 Å². The van der Waals surface area contributed by atoms with Gasteiger partial charge in [0.2, 0.25) is 0 Å². The first-order chi connectivity index (χ1) is 9.79. The molecule has 1 aromatic rings. The molecule has 0 radical (unpaired) electrons. The van der Waals surface area contributed by atoms with Crippen molar-refractivity contribution in [3.05, 3.63) is 35.4 Å². The Hall–Kier alpha value is -1.04. The number of piperidine rings is 1. The predicted molar refractivity (Wildman–Crippen MR) is 78.5 cm³/mol. The molecular formula is C15H17BrF3NO. The monoisotopic (exact) mass is 363 g/mol. The summed E-state index contributed by atoms with van der Waals surface area (Å²) in [7, 11) is 0. The largest absolute Gasteiger partial charge is 0.416 e. The molecule has 2 nitrogen and oxygen atoms in total. The van der Waals surface area contributed by atoms with E-state index in [0.29, 0.717) is 23.8 Å². The van der Waals surface area contributed by atoms with Gasteiger partial charge in [0.25, 0.3) is 5.91 Å². The highest BCUT2D eigenvalue weighted by Crippen LogP contribution is 2.30. The smallest absolute Gasteiger partial charge is 0.339 e. The fraction of sp³-hybridized carbons (Fsp3) is 0.533. The van der Waals surface area contributed by atoms with Gasteiger partial charge in [-0.25, -0.2) is 0 Å². The van der Waals surface area contributed by atoms with E-state index in [1.165, 1.54) is 12.1 Å². The van der Waals surface area contributed by atoms with Crippen molar-refractivity contribution < 1.29 is 18.0 Å². The molecule has 2 rings (SSSR count). The molecule has 0 saturated carbocycles. The number of likely N-dealkylation sites (tertiary alicyclic amines) is 1. The molecular weight excluding hydrogens is 347 g/mol. The zero-order chi connectivity index (χ0) is 15.6. The van der Waals surface area contributed by atoms with Crippen LogP contribution in [0.5, 0.6) is 0 Å². The first-order valence-electron chi connectivity index (χ1n) is 6.89. The molecule has 1 atom stereocenters. The Morgan fingerprint density at radius 1 is 1.33 bits per heavy atom. The summed E-state index contributed by atoms with van der Waals surface area (Å²) in [5, 5.41) is 0. The van der Waals surface area contributed by atoms with Gasteiger partial charge in [-0.3, -0.25) is 4.79 Å². The molecule has 0 aromatic heterocycles. The van der Waals surface area contributed by atoms with Gasteiger partial charge in [0.15, 0.2) is 0 Å². The Bertz CT molecular complexity index is 508. The van der Waals surface area contributed by atoms with Gasteiger partial charge in [-0.2, -0.15) is 13.2 Å². The molecule has 1 aliphatic rings. The molecule has 1 saturated heterocycles. The van der Waals surface area contributed by atoms with Gasteiger partial charge >= 0.3 is 6.18 Å². The SMILES string of the molecule is CC(Br)C1CCN(C(=O)c2cccc(C(F)(F)F)c2)CC1. The number of hydrogen-bond acceptors (Lipinski definition) is 1. The molecule has 1 amide bonds. The molecule has 1 aliphatic heterocycles. The summed E-state index contributed by atoms with van der Waals surface area (Å²) in [5.74, 6) is 0.192. The lowest BCUT2D eigenvalue weighted by atomic mass is 9.94. The molecule has 6 heteroatoms. The maximum absolute atomic E-state index is 12.7. The number of carbonyl (C=O) groups is 1. The van der Waals surface area contributed by atoms with Crippen LogP contribution in [0.1, 0.15) is 35.7 Å². The first-order valence-corrected chi connectivity index (χ1v) is 7.81. The third-order valence-electron chi connectivity index (χ3n) is 3.91. The molecule has 1 unspecified atom stereocenters. The molecule has 116 valence electrons. The van der Waals surface area contributed by atoms with Gasteiger partial charge in [-0.05, 0) is 37.0 Å². The predicted octanol–water partition coefficient (Wildman–Crippen LogP) is 4.34. The van der Waals surface area contributed by atoms with E-state index < -0.39 is 11.7 Å². The van der Waals surface area contributed by atoms with Crippen molar-refractivity contribution in [3.8, 4) is 0 Å². The Balaban J connectivity index is 2.08. The van der Waals surface area contributed by atoms with Gasteiger partial charge in [-0.1, -0.05) is 28.9 Å². The van der Waals surface area contributed by atoms with E-state index in [-0.39, 0.29) is 11.5 Å². The fourth-order valence-electron chi connectivity index (χ4n) is 2.57. The van der Waals surface area contributed by atoms with Gasteiger partial charge < -0.3 is 4.90 Å². The third kappa shape index (κ3) is 3.99. The highest BCUT2D eigenvalue weighted by atomic mass is 79.9. The van der Waals surface area contributed by atoms with Crippen LogP contribution in [-0.2, 0) is 6.18 Å². The van der Waals surface area contributed by atoms with E-state index in [1.54, 1.807) is 4.90 Å². The lowest BCUT2D eigenvalue weighted by Gasteiger charge is -2.33. The zero-order valence-electron chi connectivity index (χ0n) is 11.7. The maximum atomic E-state index is 12.7. The quantitative estimate of drug-likeness (QED) is 0.715. The molecule has 0 N–H and O–H groups in total. The number of amides is 1. The van der Waals surface area contributed by atoms with Crippen molar-refractivity contribution >= 4 is 21.8 Å². The van der Waals surface area contributed by atoms with E-state index in [9.17, 15) is 18.0 Å². The average molecular weight is 364 g/mol. The lowest BCUT2D eigenvalue weighted by molar-refractivity contribution is -0.137. The van der Waals surface area contributed by atoms with Crippen molar-refractivity contribution in [3.63, 3.8) is 0 Å². The number of benzene rings is 1. The number of rotatable bonds is 2. The lowest BCUT2D eigenvalue weighted by Crippen LogP contribution is -2.40. The van der Waals surface area contributed by atoms with E-state index in [4.69, 9.17) is 0 Å². The zero-order valence-corrected chi connectivity index (χ0v) is 13.2. The number of alkyl halides is 4. The van der Waals surface area contributed by atoms with Crippen molar-refractivity contribution in [2.24, 2.45) is 5.92 Å². The van der Waals surface area contributed by atoms with Crippen LogP contribution in [0.15, 0.2) is 24.3 Å². The second kappa shape index (κ2) is 6.38. The van der Waals surface area contributed by atoms with Crippen LogP contribution >= 0.6 is 15.9 Å². The maximum Gasteiger partial charge on any atom is 0.416 e. The van der Waals surface area contributed by atoms with Crippen LogP contribution in [0.25, 0.3) is 0 Å². The van der Waals surface area contributed by atoms with Gasteiger partial charge in [0.1, 0.15) is 0 Å². The highest BCUT2D eigenvalue weighted by molar-refractivity contribution is 9.09. The Labute approximate surface area is 130 Å². The molecule has 1 heterocycles. The van der Waals surface area contributed by atoms with E-state index >= 15 is 0 Å².